The number of carboxylic acids is 1. The second kappa shape index (κ2) is 6.47. The van der Waals surface area contributed by atoms with Crippen molar-refractivity contribution in [2.75, 3.05) is 0 Å². The van der Waals surface area contributed by atoms with Crippen molar-refractivity contribution in [2.45, 2.75) is 38.5 Å². The molecule has 0 amide bonds. The topological polar surface area (TPSA) is 54.4 Å². The Morgan fingerprint density at radius 3 is 2.68 bits per heavy atom. The number of hydrogen-bond acceptors (Lipinski definition) is 2. The number of ketones is 1. The van der Waals surface area contributed by atoms with E-state index in [1.165, 1.54) is 22.3 Å². The van der Waals surface area contributed by atoms with Crippen LogP contribution in [0.5, 0.6) is 0 Å². The zero-order valence-corrected chi connectivity index (χ0v) is 14.2. The van der Waals surface area contributed by atoms with E-state index in [1.807, 2.05) is 30.4 Å². The second-order valence-corrected chi connectivity index (χ2v) is 7.31. The quantitative estimate of drug-likeness (QED) is 0.899. The van der Waals surface area contributed by atoms with E-state index in [9.17, 15) is 14.7 Å². The standard InChI is InChI=1S/C22H22O3/c23-19-8-9-20-15(13-19)6-7-16-11-18(22(24)25)12-17(21(16)20)10-14-4-2-1-3-5-14/h1-5,11-12,15,17H,6-10,13H2,(H,24,25)/t15?,17-/m1/s1. The third kappa shape index (κ3) is 3.11. The number of allylic oxidation sites excluding steroid dienone is 4. The molecule has 0 radical (unpaired) electrons. The highest BCUT2D eigenvalue weighted by Gasteiger charge is 2.35. The van der Waals surface area contributed by atoms with Crippen molar-refractivity contribution in [1.29, 1.82) is 0 Å². The minimum atomic E-state index is -0.851. The third-order valence-corrected chi connectivity index (χ3v) is 5.72. The summed E-state index contributed by atoms with van der Waals surface area (Å²) in [6.07, 6.45) is 8.59. The van der Waals surface area contributed by atoms with Crippen LogP contribution in [0, 0.1) is 11.8 Å². The Bertz CT molecular complexity index is 811. The fraction of sp³-hybridized carbons (Fsp3) is 0.364. The van der Waals surface area contributed by atoms with E-state index >= 15 is 0 Å². The van der Waals surface area contributed by atoms with Crippen molar-refractivity contribution in [3.8, 4) is 0 Å². The van der Waals surface area contributed by atoms with Gasteiger partial charge in [-0.2, -0.15) is 0 Å². The van der Waals surface area contributed by atoms with E-state index in [2.05, 4.69) is 12.1 Å². The van der Waals surface area contributed by atoms with Crippen LogP contribution in [0.25, 0.3) is 0 Å². The monoisotopic (exact) mass is 334 g/mol. The summed E-state index contributed by atoms with van der Waals surface area (Å²) in [7, 11) is 0. The van der Waals surface area contributed by atoms with Gasteiger partial charge in [0.1, 0.15) is 5.78 Å². The number of carboxylic acid groups (broad SMARTS) is 1. The summed E-state index contributed by atoms with van der Waals surface area (Å²) in [5.41, 5.74) is 5.56. The van der Waals surface area contributed by atoms with Crippen LogP contribution < -0.4 is 0 Å². The molecule has 3 aliphatic carbocycles. The van der Waals surface area contributed by atoms with Crippen molar-refractivity contribution in [1.82, 2.24) is 0 Å². The van der Waals surface area contributed by atoms with Crippen molar-refractivity contribution in [3.05, 3.63) is 70.3 Å². The first kappa shape index (κ1) is 16.1. The summed E-state index contributed by atoms with van der Waals surface area (Å²) in [5.74, 6) is -0.0134. The van der Waals surface area contributed by atoms with Crippen LogP contribution in [0.3, 0.4) is 0 Å². The number of carbonyl (C=O) groups excluding carboxylic acids is 1. The number of rotatable bonds is 3. The molecule has 0 aromatic heterocycles. The predicted molar refractivity (Wildman–Crippen MR) is 96.0 cm³/mol. The molecule has 1 N–H and O–H groups in total. The Hall–Kier alpha value is -2.42. The maximum Gasteiger partial charge on any atom is 0.335 e. The Morgan fingerprint density at radius 2 is 1.92 bits per heavy atom. The van der Waals surface area contributed by atoms with Gasteiger partial charge >= 0.3 is 5.97 Å². The van der Waals surface area contributed by atoms with E-state index in [0.29, 0.717) is 30.1 Å². The fourth-order valence-electron chi connectivity index (χ4n) is 4.60. The maximum atomic E-state index is 11.9. The maximum absolute atomic E-state index is 11.9. The summed E-state index contributed by atoms with van der Waals surface area (Å²) in [6, 6.07) is 10.2. The summed E-state index contributed by atoms with van der Waals surface area (Å²) in [6.45, 7) is 0. The van der Waals surface area contributed by atoms with Gasteiger partial charge in [-0.05, 0) is 54.4 Å². The smallest absolute Gasteiger partial charge is 0.335 e. The number of Topliss-reactive ketones (excluding diaryl/α,β-unsaturated/α-hetero) is 1. The molecule has 1 fully saturated rings. The first-order valence-electron chi connectivity index (χ1n) is 9.06. The normalized spacial score (nSPS) is 25.7. The van der Waals surface area contributed by atoms with Crippen LogP contribution in [0.1, 0.15) is 37.7 Å². The lowest BCUT2D eigenvalue weighted by molar-refractivity contribution is -0.132. The molecule has 128 valence electrons. The van der Waals surface area contributed by atoms with Crippen LogP contribution in [-0.2, 0) is 16.0 Å². The fourth-order valence-corrected chi connectivity index (χ4v) is 4.60. The summed E-state index contributed by atoms with van der Waals surface area (Å²) in [5, 5.41) is 9.51. The first-order chi connectivity index (χ1) is 12.1. The molecule has 3 nitrogen and oxygen atoms in total. The van der Waals surface area contributed by atoms with E-state index in [-0.39, 0.29) is 5.92 Å². The molecule has 0 bridgehead atoms. The molecule has 2 atom stereocenters. The second-order valence-electron chi connectivity index (χ2n) is 7.31. The van der Waals surface area contributed by atoms with Gasteiger partial charge in [-0.25, -0.2) is 4.79 Å². The minimum absolute atomic E-state index is 0.0968. The van der Waals surface area contributed by atoms with Gasteiger partial charge in [0.05, 0.1) is 5.57 Å². The van der Waals surface area contributed by atoms with E-state index in [1.54, 1.807) is 0 Å². The Morgan fingerprint density at radius 1 is 1.12 bits per heavy atom. The van der Waals surface area contributed by atoms with Gasteiger partial charge in [-0.1, -0.05) is 42.0 Å². The number of aliphatic carboxylic acids is 1. The van der Waals surface area contributed by atoms with Crippen LogP contribution in [-0.4, -0.2) is 16.9 Å². The Labute approximate surface area is 147 Å². The van der Waals surface area contributed by atoms with Gasteiger partial charge in [-0.3, -0.25) is 4.79 Å². The Kier molecular flexibility index (Phi) is 4.16. The van der Waals surface area contributed by atoms with E-state index < -0.39 is 5.97 Å². The Balaban J connectivity index is 1.76. The van der Waals surface area contributed by atoms with Gasteiger partial charge < -0.3 is 5.11 Å². The zero-order chi connectivity index (χ0) is 17.4. The van der Waals surface area contributed by atoms with Gasteiger partial charge in [0.2, 0.25) is 0 Å². The first-order valence-corrected chi connectivity index (χ1v) is 9.06. The van der Waals surface area contributed by atoms with Gasteiger partial charge in [0.15, 0.2) is 0 Å². The van der Waals surface area contributed by atoms with Crippen LogP contribution in [0.2, 0.25) is 0 Å². The molecular weight excluding hydrogens is 312 g/mol. The van der Waals surface area contributed by atoms with Gasteiger partial charge in [-0.15, -0.1) is 0 Å². The van der Waals surface area contributed by atoms with Gasteiger partial charge in [0, 0.05) is 18.8 Å². The molecule has 1 aromatic rings. The van der Waals surface area contributed by atoms with Crippen LogP contribution >= 0.6 is 0 Å². The zero-order valence-electron chi connectivity index (χ0n) is 14.2. The molecule has 1 unspecified atom stereocenters. The lowest BCUT2D eigenvalue weighted by Gasteiger charge is -2.37. The average Bonchev–Trinajstić information content (AvgIpc) is 2.61. The molecular formula is C22H22O3. The summed E-state index contributed by atoms with van der Waals surface area (Å²) in [4.78, 5) is 23.4. The average molecular weight is 334 g/mol. The highest BCUT2D eigenvalue weighted by Crippen LogP contribution is 2.47. The van der Waals surface area contributed by atoms with Crippen LogP contribution in [0.4, 0.5) is 0 Å². The van der Waals surface area contributed by atoms with Gasteiger partial charge in [0.25, 0.3) is 0 Å². The molecule has 3 aliphatic rings. The summed E-state index contributed by atoms with van der Waals surface area (Å²) >= 11 is 0. The molecule has 0 saturated heterocycles. The summed E-state index contributed by atoms with van der Waals surface area (Å²) < 4.78 is 0. The number of carbonyl (C=O) groups is 2. The lowest BCUT2D eigenvalue weighted by Crippen LogP contribution is -2.27. The minimum Gasteiger partial charge on any atom is -0.478 e. The molecule has 4 rings (SSSR count). The largest absolute Gasteiger partial charge is 0.478 e. The molecule has 0 aliphatic heterocycles. The third-order valence-electron chi connectivity index (χ3n) is 5.72. The molecule has 1 aromatic carbocycles. The number of benzene rings is 1. The highest BCUT2D eigenvalue weighted by atomic mass is 16.4. The van der Waals surface area contributed by atoms with Crippen LogP contribution in [0.15, 0.2) is 64.8 Å². The molecule has 3 heteroatoms. The van der Waals surface area contributed by atoms with Crippen molar-refractivity contribution in [3.63, 3.8) is 0 Å². The number of hydrogen-bond donors (Lipinski definition) is 1. The van der Waals surface area contributed by atoms with Crippen molar-refractivity contribution in [2.24, 2.45) is 11.8 Å². The molecule has 0 spiro atoms. The lowest BCUT2D eigenvalue weighted by atomic mass is 9.66. The van der Waals surface area contributed by atoms with E-state index in [0.717, 1.165) is 25.7 Å². The van der Waals surface area contributed by atoms with Crippen molar-refractivity contribution >= 4 is 11.8 Å². The highest BCUT2D eigenvalue weighted by molar-refractivity contribution is 5.91. The number of fused-ring (bicyclic) bond motifs is 2. The SMILES string of the molecule is O=C1CCC2=C3C(=CC(C(=O)O)=C[C@H]3Cc3ccccc3)CCC2C1. The molecule has 1 saturated carbocycles. The van der Waals surface area contributed by atoms with Crippen molar-refractivity contribution < 1.29 is 14.7 Å². The molecule has 0 heterocycles. The predicted octanol–water partition coefficient (Wildman–Crippen LogP) is 4.26. The van der Waals surface area contributed by atoms with E-state index in [4.69, 9.17) is 0 Å². The molecule has 25 heavy (non-hydrogen) atoms.